The van der Waals surface area contributed by atoms with Crippen molar-refractivity contribution in [3.8, 4) is 11.5 Å². The fourth-order valence-corrected chi connectivity index (χ4v) is 3.35. The van der Waals surface area contributed by atoms with E-state index < -0.39 is 0 Å². The molecule has 5 heteroatoms. The summed E-state index contributed by atoms with van der Waals surface area (Å²) in [6, 6.07) is 3.84. The van der Waals surface area contributed by atoms with Gasteiger partial charge in [-0.3, -0.25) is 4.90 Å². The third-order valence-corrected chi connectivity index (χ3v) is 4.23. The molecule has 1 saturated heterocycles. The first-order valence-corrected chi connectivity index (χ1v) is 8.18. The molecule has 0 bridgehead atoms. The molecular formula is C17H26N2O3. The Morgan fingerprint density at radius 1 is 1.27 bits per heavy atom. The highest BCUT2D eigenvalue weighted by Gasteiger charge is 2.22. The van der Waals surface area contributed by atoms with E-state index in [1.54, 1.807) is 0 Å². The molecule has 2 atom stereocenters. The van der Waals surface area contributed by atoms with E-state index in [2.05, 4.69) is 18.7 Å². The number of nitrogens with zero attached hydrogens (tertiary/aromatic N) is 1. The predicted molar refractivity (Wildman–Crippen MR) is 86.6 cm³/mol. The second-order valence-corrected chi connectivity index (χ2v) is 6.28. The molecule has 0 aliphatic carbocycles. The van der Waals surface area contributed by atoms with Gasteiger partial charge in [-0.1, -0.05) is 0 Å². The SMILES string of the molecule is CC1CN(CCOc2ccc(N)c3c2CCCO3)CC(C)O1. The van der Waals surface area contributed by atoms with Gasteiger partial charge in [-0.15, -0.1) is 0 Å². The average Bonchev–Trinajstić information content (AvgIpc) is 2.49. The van der Waals surface area contributed by atoms with Crippen LogP contribution in [-0.4, -0.2) is 50.0 Å². The Kier molecular flexibility index (Phi) is 4.74. The van der Waals surface area contributed by atoms with Crippen LogP contribution < -0.4 is 15.2 Å². The minimum Gasteiger partial charge on any atom is -0.492 e. The number of rotatable bonds is 4. The molecule has 0 spiro atoms. The molecule has 1 aromatic carbocycles. The lowest BCUT2D eigenvalue weighted by atomic mass is 10.0. The number of fused-ring (bicyclic) bond motifs is 1. The maximum atomic E-state index is 6.01. The van der Waals surface area contributed by atoms with E-state index in [0.717, 1.165) is 56.1 Å². The molecule has 2 aliphatic rings. The lowest BCUT2D eigenvalue weighted by molar-refractivity contribution is -0.0699. The molecule has 2 N–H and O–H groups in total. The number of hydrogen-bond acceptors (Lipinski definition) is 5. The molecule has 2 aliphatic heterocycles. The van der Waals surface area contributed by atoms with Crippen LogP contribution >= 0.6 is 0 Å². The maximum Gasteiger partial charge on any atom is 0.149 e. The van der Waals surface area contributed by atoms with Crippen LogP contribution in [-0.2, 0) is 11.2 Å². The first kappa shape index (κ1) is 15.4. The lowest BCUT2D eigenvalue weighted by Gasteiger charge is -2.35. The van der Waals surface area contributed by atoms with E-state index in [4.69, 9.17) is 19.9 Å². The van der Waals surface area contributed by atoms with E-state index in [1.807, 2.05) is 12.1 Å². The normalized spacial score (nSPS) is 25.4. The molecule has 0 aromatic heterocycles. The quantitative estimate of drug-likeness (QED) is 0.863. The second kappa shape index (κ2) is 6.75. The van der Waals surface area contributed by atoms with Gasteiger partial charge in [0.05, 0.1) is 24.5 Å². The summed E-state index contributed by atoms with van der Waals surface area (Å²) in [6.07, 6.45) is 2.58. The summed E-state index contributed by atoms with van der Waals surface area (Å²) in [5, 5.41) is 0. The molecule has 1 fully saturated rings. The smallest absolute Gasteiger partial charge is 0.149 e. The van der Waals surface area contributed by atoms with Crippen molar-refractivity contribution < 1.29 is 14.2 Å². The zero-order valence-corrected chi connectivity index (χ0v) is 13.5. The highest BCUT2D eigenvalue weighted by molar-refractivity contribution is 5.62. The Labute approximate surface area is 132 Å². The molecule has 0 saturated carbocycles. The average molecular weight is 306 g/mol. The van der Waals surface area contributed by atoms with Gasteiger partial charge in [0.2, 0.25) is 0 Å². The van der Waals surface area contributed by atoms with Crippen molar-refractivity contribution in [1.82, 2.24) is 4.90 Å². The Morgan fingerprint density at radius 3 is 2.82 bits per heavy atom. The van der Waals surface area contributed by atoms with Gasteiger partial charge in [0.25, 0.3) is 0 Å². The van der Waals surface area contributed by atoms with Gasteiger partial charge in [0.1, 0.15) is 18.1 Å². The highest BCUT2D eigenvalue weighted by Crippen LogP contribution is 2.37. The number of benzene rings is 1. The van der Waals surface area contributed by atoms with E-state index in [9.17, 15) is 0 Å². The number of nitrogens with two attached hydrogens (primary N) is 1. The molecular weight excluding hydrogens is 280 g/mol. The van der Waals surface area contributed by atoms with Crippen molar-refractivity contribution in [2.45, 2.75) is 38.9 Å². The van der Waals surface area contributed by atoms with Crippen LogP contribution in [0.4, 0.5) is 5.69 Å². The molecule has 0 radical (unpaired) electrons. The van der Waals surface area contributed by atoms with E-state index >= 15 is 0 Å². The fourth-order valence-electron chi connectivity index (χ4n) is 3.35. The van der Waals surface area contributed by atoms with E-state index in [-0.39, 0.29) is 0 Å². The van der Waals surface area contributed by atoms with Gasteiger partial charge < -0.3 is 19.9 Å². The number of hydrogen-bond donors (Lipinski definition) is 1. The standard InChI is InChI=1S/C17H26N2O3/c1-12-10-19(11-13(2)22-12)7-9-20-16-6-5-15(18)17-14(16)4-3-8-21-17/h5-6,12-13H,3-4,7-11,18H2,1-2H3. The van der Waals surface area contributed by atoms with Crippen LogP contribution in [0.2, 0.25) is 0 Å². The van der Waals surface area contributed by atoms with Crippen LogP contribution in [0.1, 0.15) is 25.8 Å². The summed E-state index contributed by atoms with van der Waals surface area (Å²) in [5.41, 5.74) is 7.81. The van der Waals surface area contributed by atoms with E-state index in [0.29, 0.717) is 24.5 Å². The second-order valence-electron chi connectivity index (χ2n) is 6.28. The lowest BCUT2D eigenvalue weighted by Crippen LogP contribution is -2.46. The van der Waals surface area contributed by atoms with Crippen molar-refractivity contribution in [2.75, 3.05) is 38.6 Å². The van der Waals surface area contributed by atoms with Gasteiger partial charge in [0.15, 0.2) is 0 Å². The summed E-state index contributed by atoms with van der Waals surface area (Å²) in [7, 11) is 0. The van der Waals surface area contributed by atoms with Crippen molar-refractivity contribution in [3.63, 3.8) is 0 Å². The zero-order chi connectivity index (χ0) is 15.5. The molecule has 122 valence electrons. The number of morpholine rings is 1. The monoisotopic (exact) mass is 306 g/mol. The van der Waals surface area contributed by atoms with E-state index in [1.165, 1.54) is 0 Å². The zero-order valence-electron chi connectivity index (χ0n) is 13.5. The Morgan fingerprint density at radius 2 is 2.05 bits per heavy atom. The Hall–Kier alpha value is -1.46. The van der Waals surface area contributed by atoms with Gasteiger partial charge in [0, 0.05) is 25.2 Å². The van der Waals surface area contributed by atoms with Gasteiger partial charge in [-0.25, -0.2) is 0 Å². The minimum absolute atomic E-state index is 0.293. The Bertz CT molecular complexity index is 511. The molecule has 2 heterocycles. The molecule has 22 heavy (non-hydrogen) atoms. The van der Waals surface area contributed by atoms with Gasteiger partial charge in [-0.05, 0) is 38.8 Å². The van der Waals surface area contributed by atoms with Crippen molar-refractivity contribution >= 4 is 5.69 Å². The maximum absolute atomic E-state index is 6.01. The molecule has 1 aromatic rings. The number of nitrogen functional groups attached to an aromatic ring is 1. The van der Waals surface area contributed by atoms with Crippen LogP contribution in [0.25, 0.3) is 0 Å². The van der Waals surface area contributed by atoms with Crippen LogP contribution in [0, 0.1) is 0 Å². The number of anilines is 1. The van der Waals surface area contributed by atoms with Crippen LogP contribution in [0.5, 0.6) is 11.5 Å². The summed E-state index contributed by atoms with van der Waals surface area (Å²) in [4.78, 5) is 2.40. The fraction of sp³-hybridized carbons (Fsp3) is 0.647. The highest BCUT2D eigenvalue weighted by atomic mass is 16.5. The molecule has 0 amide bonds. The Balaban J connectivity index is 1.58. The van der Waals surface area contributed by atoms with Crippen molar-refractivity contribution in [3.05, 3.63) is 17.7 Å². The summed E-state index contributed by atoms with van der Waals surface area (Å²) in [5.74, 6) is 1.73. The van der Waals surface area contributed by atoms with Crippen LogP contribution in [0.3, 0.4) is 0 Å². The summed E-state index contributed by atoms with van der Waals surface area (Å²) in [6.45, 7) is 8.51. The van der Waals surface area contributed by atoms with Gasteiger partial charge in [-0.2, -0.15) is 0 Å². The molecule has 2 unspecified atom stereocenters. The first-order valence-electron chi connectivity index (χ1n) is 8.18. The third kappa shape index (κ3) is 3.47. The number of ether oxygens (including phenoxy) is 3. The summed E-state index contributed by atoms with van der Waals surface area (Å²) < 4.78 is 17.5. The first-order chi connectivity index (χ1) is 10.6. The summed E-state index contributed by atoms with van der Waals surface area (Å²) >= 11 is 0. The molecule has 3 rings (SSSR count). The van der Waals surface area contributed by atoms with Crippen molar-refractivity contribution in [1.29, 1.82) is 0 Å². The third-order valence-electron chi connectivity index (χ3n) is 4.23. The predicted octanol–water partition coefficient (Wildman–Crippen LogP) is 2.08. The molecule has 5 nitrogen and oxygen atoms in total. The van der Waals surface area contributed by atoms with Crippen molar-refractivity contribution in [2.24, 2.45) is 0 Å². The topological polar surface area (TPSA) is 57.0 Å². The van der Waals surface area contributed by atoms with Gasteiger partial charge >= 0.3 is 0 Å². The minimum atomic E-state index is 0.293. The largest absolute Gasteiger partial charge is 0.492 e. The van der Waals surface area contributed by atoms with Crippen LogP contribution in [0.15, 0.2) is 12.1 Å².